The van der Waals surface area contributed by atoms with Crippen molar-refractivity contribution in [1.29, 1.82) is 0 Å². The summed E-state index contributed by atoms with van der Waals surface area (Å²) in [5, 5.41) is 0. The molecule has 3 heteroatoms. The fourth-order valence-corrected chi connectivity index (χ4v) is 4.33. The SMILES string of the molecule is CCC(Cc1ccc(C)cc1)(C(=O)c1ccc(N2CCCCC2)cc1)N(C)C. The molecule has 0 spiro atoms. The van der Waals surface area contributed by atoms with Crippen LogP contribution >= 0.6 is 0 Å². The van der Waals surface area contributed by atoms with Gasteiger partial charge >= 0.3 is 0 Å². The molecule has 1 unspecified atom stereocenters. The Kier molecular flexibility index (Phi) is 6.56. The van der Waals surface area contributed by atoms with Crippen molar-refractivity contribution in [2.75, 3.05) is 32.1 Å². The number of carbonyl (C=O) groups excluding carboxylic acids is 1. The average molecular weight is 379 g/mol. The molecule has 1 heterocycles. The Hall–Kier alpha value is -2.13. The minimum absolute atomic E-state index is 0.214. The minimum Gasteiger partial charge on any atom is -0.372 e. The van der Waals surface area contributed by atoms with E-state index in [0.29, 0.717) is 0 Å². The number of nitrogens with zero attached hydrogens (tertiary/aromatic N) is 2. The third-order valence-electron chi connectivity index (χ3n) is 6.33. The van der Waals surface area contributed by atoms with Gasteiger partial charge in [0.2, 0.25) is 0 Å². The number of aryl methyl sites for hydroxylation is 1. The first-order chi connectivity index (χ1) is 13.5. The third-order valence-corrected chi connectivity index (χ3v) is 6.33. The highest BCUT2D eigenvalue weighted by Crippen LogP contribution is 2.29. The van der Waals surface area contributed by atoms with Crippen LogP contribution in [0.2, 0.25) is 0 Å². The Morgan fingerprint density at radius 2 is 1.57 bits per heavy atom. The number of hydrogen-bond acceptors (Lipinski definition) is 3. The van der Waals surface area contributed by atoms with Crippen LogP contribution in [0.15, 0.2) is 48.5 Å². The Bertz CT molecular complexity index is 773. The number of Topliss-reactive ketones (excluding diaryl/α,β-unsaturated/α-hetero) is 1. The molecule has 2 aromatic rings. The lowest BCUT2D eigenvalue weighted by Crippen LogP contribution is -2.52. The second kappa shape index (κ2) is 8.91. The molecule has 2 aromatic carbocycles. The zero-order valence-electron chi connectivity index (χ0n) is 17.9. The van der Waals surface area contributed by atoms with Crippen LogP contribution in [-0.2, 0) is 6.42 Å². The summed E-state index contributed by atoms with van der Waals surface area (Å²) in [5.41, 5.74) is 3.97. The summed E-state index contributed by atoms with van der Waals surface area (Å²) in [6.07, 6.45) is 5.35. The van der Waals surface area contributed by atoms with E-state index in [1.54, 1.807) is 0 Å². The van der Waals surface area contributed by atoms with E-state index in [0.717, 1.165) is 31.5 Å². The van der Waals surface area contributed by atoms with Crippen LogP contribution in [0.3, 0.4) is 0 Å². The molecule has 3 rings (SSSR count). The van der Waals surface area contributed by atoms with Crippen LogP contribution in [0.1, 0.15) is 54.1 Å². The van der Waals surface area contributed by atoms with Gasteiger partial charge in [0.15, 0.2) is 5.78 Å². The molecule has 0 N–H and O–H groups in total. The Labute approximate surface area is 170 Å². The van der Waals surface area contributed by atoms with Crippen LogP contribution in [0, 0.1) is 6.92 Å². The van der Waals surface area contributed by atoms with Crippen LogP contribution in [0.5, 0.6) is 0 Å². The highest BCUT2D eigenvalue weighted by atomic mass is 16.1. The van der Waals surface area contributed by atoms with Crippen molar-refractivity contribution in [3.63, 3.8) is 0 Å². The first-order valence-corrected chi connectivity index (χ1v) is 10.6. The molecule has 1 aliphatic heterocycles. The zero-order valence-corrected chi connectivity index (χ0v) is 17.9. The molecule has 0 aliphatic carbocycles. The Morgan fingerprint density at radius 1 is 0.964 bits per heavy atom. The molecule has 0 bridgehead atoms. The molecule has 1 aliphatic rings. The lowest BCUT2D eigenvalue weighted by atomic mass is 9.80. The van der Waals surface area contributed by atoms with E-state index in [9.17, 15) is 4.79 Å². The van der Waals surface area contributed by atoms with Gasteiger partial charge in [0, 0.05) is 24.3 Å². The number of anilines is 1. The largest absolute Gasteiger partial charge is 0.372 e. The summed E-state index contributed by atoms with van der Waals surface area (Å²) in [7, 11) is 4.05. The predicted octanol–water partition coefficient (Wildman–Crippen LogP) is 5.12. The summed E-state index contributed by atoms with van der Waals surface area (Å²) in [6.45, 7) is 6.46. The van der Waals surface area contributed by atoms with E-state index < -0.39 is 5.54 Å². The van der Waals surface area contributed by atoms with Gasteiger partial charge < -0.3 is 4.90 Å². The summed E-state index contributed by atoms with van der Waals surface area (Å²) in [4.78, 5) is 18.2. The second-order valence-corrected chi connectivity index (χ2v) is 8.37. The number of benzene rings is 2. The standard InChI is InChI=1S/C25H34N2O/c1-5-25(26(3)4,19-21-11-9-20(2)10-12-21)24(28)22-13-15-23(16-14-22)27-17-7-6-8-18-27/h9-16H,5-8,17-19H2,1-4H3. The summed E-state index contributed by atoms with van der Waals surface area (Å²) >= 11 is 0. The molecule has 150 valence electrons. The highest BCUT2D eigenvalue weighted by molar-refractivity contribution is 6.03. The second-order valence-electron chi connectivity index (χ2n) is 8.37. The molecule has 0 radical (unpaired) electrons. The Balaban J connectivity index is 1.85. The molecule has 0 amide bonds. The zero-order chi connectivity index (χ0) is 20.1. The molecule has 1 atom stereocenters. The van der Waals surface area contributed by atoms with Gasteiger partial charge in [-0.1, -0.05) is 36.8 Å². The van der Waals surface area contributed by atoms with E-state index in [-0.39, 0.29) is 5.78 Å². The topological polar surface area (TPSA) is 23.6 Å². The molecule has 0 saturated carbocycles. The molecule has 1 fully saturated rings. The lowest BCUT2D eigenvalue weighted by Gasteiger charge is -2.38. The van der Waals surface area contributed by atoms with Crippen LogP contribution in [0.4, 0.5) is 5.69 Å². The molecular formula is C25H34N2O. The molecule has 1 saturated heterocycles. The maximum absolute atomic E-state index is 13.6. The van der Waals surface area contributed by atoms with Crippen molar-refractivity contribution in [3.8, 4) is 0 Å². The normalized spacial score (nSPS) is 16.8. The number of piperidine rings is 1. The maximum atomic E-state index is 13.6. The number of rotatable bonds is 7. The van der Waals surface area contributed by atoms with E-state index >= 15 is 0 Å². The molecule has 3 nitrogen and oxygen atoms in total. The number of likely N-dealkylation sites (N-methyl/N-ethyl adjacent to an activating group) is 1. The van der Waals surface area contributed by atoms with Crippen molar-refractivity contribution in [1.82, 2.24) is 4.90 Å². The average Bonchev–Trinajstić information content (AvgIpc) is 2.73. The van der Waals surface area contributed by atoms with E-state index in [1.165, 1.54) is 36.1 Å². The number of ketones is 1. The van der Waals surface area contributed by atoms with Crippen LogP contribution in [0.25, 0.3) is 0 Å². The van der Waals surface area contributed by atoms with Crippen molar-refractivity contribution < 1.29 is 4.79 Å². The summed E-state index contributed by atoms with van der Waals surface area (Å²) in [5.74, 6) is 0.214. The van der Waals surface area contributed by atoms with Crippen molar-refractivity contribution in [2.24, 2.45) is 0 Å². The third kappa shape index (κ3) is 4.30. The first-order valence-electron chi connectivity index (χ1n) is 10.6. The summed E-state index contributed by atoms with van der Waals surface area (Å²) in [6, 6.07) is 16.9. The van der Waals surface area contributed by atoms with Crippen LogP contribution < -0.4 is 4.90 Å². The van der Waals surface area contributed by atoms with Gasteiger partial charge in [-0.2, -0.15) is 0 Å². The van der Waals surface area contributed by atoms with Crippen molar-refractivity contribution >= 4 is 11.5 Å². The first kappa shape index (κ1) is 20.6. The van der Waals surface area contributed by atoms with Gasteiger partial charge in [-0.3, -0.25) is 9.69 Å². The monoisotopic (exact) mass is 378 g/mol. The van der Waals surface area contributed by atoms with Gasteiger partial charge in [-0.05, 0) is 83.0 Å². The van der Waals surface area contributed by atoms with Gasteiger partial charge in [-0.15, -0.1) is 0 Å². The van der Waals surface area contributed by atoms with E-state index in [4.69, 9.17) is 0 Å². The minimum atomic E-state index is -0.526. The smallest absolute Gasteiger partial charge is 0.183 e. The highest BCUT2D eigenvalue weighted by Gasteiger charge is 2.39. The maximum Gasteiger partial charge on any atom is 0.183 e. The van der Waals surface area contributed by atoms with Crippen molar-refractivity contribution in [2.45, 2.75) is 51.5 Å². The molecular weight excluding hydrogens is 344 g/mol. The molecule has 28 heavy (non-hydrogen) atoms. The van der Waals surface area contributed by atoms with Gasteiger partial charge in [0.25, 0.3) is 0 Å². The number of hydrogen-bond donors (Lipinski definition) is 0. The van der Waals surface area contributed by atoms with Gasteiger partial charge in [0.1, 0.15) is 0 Å². The number of carbonyl (C=O) groups is 1. The fraction of sp³-hybridized carbons (Fsp3) is 0.480. The van der Waals surface area contributed by atoms with Crippen molar-refractivity contribution in [3.05, 3.63) is 65.2 Å². The predicted molar refractivity (Wildman–Crippen MR) is 118 cm³/mol. The lowest BCUT2D eigenvalue weighted by molar-refractivity contribution is 0.0666. The van der Waals surface area contributed by atoms with E-state index in [1.807, 2.05) is 26.2 Å². The van der Waals surface area contributed by atoms with Crippen LogP contribution in [-0.4, -0.2) is 43.4 Å². The summed E-state index contributed by atoms with van der Waals surface area (Å²) < 4.78 is 0. The quantitative estimate of drug-likeness (QED) is 0.625. The fourth-order valence-electron chi connectivity index (χ4n) is 4.33. The van der Waals surface area contributed by atoms with E-state index in [2.05, 4.69) is 60.0 Å². The van der Waals surface area contributed by atoms with Gasteiger partial charge in [-0.25, -0.2) is 0 Å². The molecule has 0 aromatic heterocycles. The Morgan fingerprint density at radius 3 is 2.11 bits per heavy atom. The van der Waals surface area contributed by atoms with Gasteiger partial charge in [0.05, 0.1) is 5.54 Å².